The van der Waals surface area contributed by atoms with Crippen LogP contribution in [-0.4, -0.2) is 73.3 Å². The first-order valence-corrected chi connectivity index (χ1v) is 10.6. The Kier molecular flexibility index (Phi) is 7.25. The summed E-state index contributed by atoms with van der Waals surface area (Å²) in [5.74, 6) is 0.270. The van der Waals surface area contributed by atoms with Gasteiger partial charge in [-0.25, -0.2) is 0 Å². The van der Waals surface area contributed by atoms with Gasteiger partial charge in [0.1, 0.15) is 0 Å². The van der Waals surface area contributed by atoms with Crippen LogP contribution in [0.4, 0.5) is 5.69 Å². The average molecular weight is 401 g/mol. The molecule has 2 aliphatic heterocycles. The molecule has 2 saturated heterocycles. The molecule has 2 heterocycles. The summed E-state index contributed by atoms with van der Waals surface area (Å²) in [7, 11) is 0. The Labute approximate surface area is 173 Å². The van der Waals surface area contributed by atoms with E-state index >= 15 is 0 Å². The molecular formula is C22H32N4O3. The summed E-state index contributed by atoms with van der Waals surface area (Å²) in [4.78, 5) is 42.8. The lowest BCUT2D eigenvalue weighted by Crippen LogP contribution is -2.50. The maximum atomic E-state index is 12.5. The summed E-state index contributed by atoms with van der Waals surface area (Å²) in [6, 6.07) is 9.49. The van der Waals surface area contributed by atoms with Gasteiger partial charge in [0.25, 0.3) is 0 Å². The maximum absolute atomic E-state index is 12.5. The second-order valence-electron chi connectivity index (χ2n) is 8.35. The molecule has 158 valence electrons. The Balaban J connectivity index is 1.37. The van der Waals surface area contributed by atoms with E-state index in [4.69, 9.17) is 0 Å². The first-order chi connectivity index (χ1) is 13.9. The van der Waals surface area contributed by atoms with Gasteiger partial charge in [-0.1, -0.05) is 32.0 Å². The fraction of sp³-hybridized carbons (Fsp3) is 0.591. The number of nitrogens with one attached hydrogen (secondary N) is 1. The van der Waals surface area contributed by atoms with Gasteiger partial charge in [0.15, 0.2) is 0 Å². The van der Waals surface area contributed by atoms with Crippen molar-refractivity contribution in [2.45, 2.75) is 26.7 Å². The molecule has 7 nitrogen and oxygen atoms in total. The van der Waals surface area contributed by atoms with Crippen molar-refractivity contribution in [3.8, 4) is 0 Å². The van der Waals surface area contributed by atoms with Crippen LogP contribution in [0.1, 0.15) is 26.7 Å². The minimum atomic E-state index is -0.298. The molecule has 3 amide bonds. The van der Waals surface area contributed by atoms with E-state index in [0.717, 1.165) is 38.4 Å². The summed E-state index contributed by atoms with van der Waals surface area (Å²) < 4.78 is 0. The van der Waals surface area contributed by atoms with Gasteiger partial charge in [-0.3, -0.25) is 19.3 Å². The van der Waals surface area contributed by atoms with Crippen molar-refractivity contribution in [1.82, 2.24) is 15.1 Å². The first-order valence-electron chi connectivity index (χ1n) is 10.6. The molecule has 0 radical (unpaired) electrons. The van der Waals surface area contributed by atoms with Crippen LogP contribution in [0.3, 0.4) is 0 Å². The average Bonchev–Trinajstić information content (AvgIpc) is 3.10. The molecule has 3 rings (SSSR count). The van der Waals surface area contributed by atoms with E-state index in [-0.39, 0.29) is 30.1 Å². The van der Waals surface area contributed by atoms with Crippen molar-refractivity contribution in [1.29, 1.82) is 0 Å². The Morgan fingerprint density at radius 3 is 2.45 bits per heavy atom. The zero-order chi connectivity index (χ0) is 20.8. The third-order valence-electron chi connectivity index (χ3n) is 5.60. The second-order valence-corrected chi connectivity index (χ2v) is 8.35. The van der Waals surface area contributed by atoms with Crippen LogP contribution in [0.25, 0.3) is 0 Å². The number of anilines is 1. The Bertz CT molecular complexity index is 714. The smallest absolute Gasteiger partial charge is 0.227 e. The molecule has 0 aliphatic carbocycles. The number of carbonyl (C=O) groups is 3. The van der Waals surface area contributed by atoms with Gasteiger partial charge in [-0.2, -0.15) is 0 Å². The highest BCUT2D eigenvalue weighted by Gasteiger charge is 2.35. The molecule has 29 heavy (non-hydrogen) atoms. The lowest BCUT2D eigenvalue weighted by molar-refractivity contribution is -0.133. The minimum absolute atomic E-state index is 0.00135. The van der Waals surface area contributed by atoms with Crippen LogP contribution in [0.2, 0.25) is 0 Å². The number of benzene rings is 1. The van der Waals surface area contributed by atoms with E-state index in [9.17, 15) is 14.4 Å². The highest BCUT2D eigenvalue weighted by molar-refractivity contribution is 6.00. The molecule has 2 aliphatic rings. The number of piperazine rings is 1. The number of hydrogen-bond acceptors (Lipinski definition) is 4. The molecular weight excluding hydrogens is 368 g/mol. The summed E-state index contributed by atoms with van der Waals surface area (Å²) in [5.41, 5.74) is 0.845. The van der Waals surface area contributed by atoms with Crippen molar-refractivity contribution in [3.63, 3.8) is 0 Å². The quantitative estimate of drug-likeness (QED) is 0.750. The van der Waals surface area contributed by atoms with E-state index < -0.39 is 0 Å². The first kappa shape index (κ1) is 21.3. The number of amides is 3. The maximum Gasteiger partial charge on any atom is 0.227 e. The monoisotopic (exact) mass is 400 g/mol. The topological polar surface area (TPSA) is 73.0 Å². The normalized spacial score (nSPS) is 20.4. The summed E-state index contributed by atoms with van der Waals surface area (Å²) >= 11 is 0. The number of hydrogen-bond donors (Lipinski definition) is 1. The molecule has 2 fully saturated rings. The second kappa shape index (κ2) is 9.87. The number of carbonyl (C=O) groups excluding carboxylic acids is 3. The predicted molar refractivity (Wildman–Crippen MR) is 112 cm³/mol. The van der Waals surface area contributed by atoms with Crippen molar-refractivity contribution < 1.29 is 14.4 Å². The standard InChI is InChI=1S/C22H32N4O3/c1-17(2)14-20(27)25-12-10-24(11-13-25)9-8-23-22(29)18-15-21(28)26(16-18)19-6-4-3-5-7-19/h3-7,17-18H,8-16H2,1-2H3,(H,23,29). The van der Waals surface area contributed by atoms with Crippen molar-refractivity contribution in [2.75, 3.05) is 50.7 Å². The predicted octanol–water partition coefficient (Wildman–Crippen LogP) is 1.35. The minimum Gasteiger partial charge on any atom is -0.355 e. The molecule has 7 heteroatoms. The number of para-hydroxylation sites is 1. The summed E-state index contributed by atoms with van der Waals surface area (Å²) in [6.07, 6.45) is 0.869. The fourth-order valence-corrected chi connectivity index (χ4v) is 3.92. The zero-order valence-electron chi connectivity index (χ0n) is 17.5. The van der Waals surface area contributed by atoms with E-state index in [1.165, 1.54) is 0 Å². The molecule has 0 bridgehead atoms. The van der Waals surface area contributed by atoms with E-state index in [0.29, 0.717) is 25.4 Å². The van der Waals surface area contributed by atoms with Crippen molar-refractivity contribution in [2.24, 2.45) is 11.8 Å². The Morgan fingerprint density at radius 1 is 1.10 bits per heavy atom. The van der Waals surface area contributed by atoms with Crippen LogP contribution in [-0.2, 0) is 14.4 Å². The van der Waals surface area contributed by atoms with Gasteiger partial charge >= 0.3 is 0 Å². The largest absolute Gasteiger partial charge is 0.355 e. The highest BCUT2D eigenvalue weighted by Crippen LogP contribution is 2.24. The lowest BCUT2D eigenvalue weighted by Gasteiger charge is -2.35. The molecule has 0 saturated carbocycles. The van der Waals surface area contributed by atoms with Gasteiger partial charge in [0, 0.05) is 64.3 Å². The Morgan fingerprint density at radius 2 is 1.79 bits per heavy atom. The molecule has 1 unspecified atom stereocenters. The number of rotatable bonds is 7. The SMILES string of the molecule is CC(C)CC(=O)N1CCN(CCNC(=O)C2CC(=O)N(c3ccccc3)C2)CC1. The number of nitrogens with zero attached hydrogens (tertiary/aromatic N) is 3. The van der Waals surface area contributed by atoms with Crippen LogP contribution >= 0.6 is 0 Å². The fourth-order valence-electron chi connectivity index (χ4n) is 3.92. The van der Waals surface area contributed by atoms with Gasteiger partial charge < -0.3 is 15.1 Å². The molecule has 1 N–H and O–H groups in total. The van der Waals surface area contributed by atoms with Crippen LogP contribution in [0.15, 0.2) is 30.3 Å². The lowest BCUT2D eigenvalue weighted by atomic mass is 10.1. The van der Waals surface area contributed by atoms with Gasteiger partial charge in [0.05, 0.1) is 5.92 Å². The van der Waals surface area contributed by atoms with Crippen LogP contribution in [0, 0.1) is 11.8 Å². The molecule has 1 aromatic carbocycles. The van der Waals surface area contributed by atoms with E-state index in [1.54, 1.807) is 4.90 Å². The third-order valence-corrected chi connectivity index (χ3v) is 5.60. The molecule has 0 spiro atoms. The van der Waals surface area contributed by atoms with E-state index in [1.807, 2.05) is 35.2 Å². The van der Waals surface area contributed by atoms with Crippen LogP contribution in [0.5, 0.6) is 0 Å². The van der Waals surface area contributed by atoms with Crippen molar-refractivity contribution in [3.05, 3.63) is 30.3 Å². The molecule has 1 aromatic rings. The van der Waals surface area contributed by atoms with Crippen molar-refractivity contribution >= 4 is 23.4 Å². The molecule has 1 atom stereocenters. The van der Waals surface area contributed by atoms with Crippen LogP contribution < -0.4 is 10.2 Å². The third kappa shape index (κ3) is 5.79. The van der Waals surface area contributed by atoms with Gasteiger partial charge in [0.2, 0.25) is 17.7 Å². The van der Waals surface area contributed by atoms with E-state index in [2.05, 4.69) is 24.1 Å². The highest BCUT2D eigenvalue weighted by atomic mass is 16.2. The van der Waals surface area contributed by atoms with Gasteiger partial charge in [-0.05, 0) is 18.1 Å². The Hall–Kier alpha value is -2.41. The summed E-state index contributed by atoms with van der Waals surface area (Å²) in [5, 5.41) is 2.98. The molecule has 0 aromatic heterocycles. The zero-order valence-corrected chi connectivity index (χ0v) is 17.5. The summed E-state index contributed by atoms with van der Waals surface area (Å²) in [6.45, 7) is 9.07. The van der Waals surface area contributed by atoms with Gasteiger partial charge in [-0.15, -0.1) is 0 Å².